The van der Waals surface area contributed by atoms with E-state index in [0.717, 1.165) is 25.1 Å². The van der Waals surface area contributed by atoms with Crippen LogP contribution in [0.2, 0.25) is 0 Å². The van der Waals surface area contributed by atoms with Gasteiger partial charge in [0, 0.05) is 25.2 Å². The van der Waals surface area contributed by atoms with Gasteiger partial charge in [-0.15, -0.1) is 0 Å². The first kappa shape index (κ1) is 15.5. The predicted octanol–water partition coefficient (Wildman–Crippen LogP) is 2.74. The summed E-state index contributed by atoms with van der Waals surface area (Å²) in [6.45, 7) is 3.37. The zero-order chi connectivity index (χ0) is 15.1. The Bertz CT molecular complexity index is 473. The third kappa shape index (κ3) is 4.31. The minimum atomic E-state index is -0.219. The molecule has 4 nitrogen and oxygen atoms in total. The molecule has 2 rings (SSSR count). The summed E-state index contributed by atoms with van der Waals surface area (Å²) in [4.78, 5) is 25.9. The van der Waals surface area contributed by atoms with Crippen molar-refractivity contribution in [2.75, 3.05) is 18.0 Å². The van der Waals surface area contributed by atoms with E-state index in [-0.39, 0.29) is 17.7 Å². The van der Waals surface area contributed by atoms with Crippen molar-refractivity contribution in [3.63, 3.8) is 0 Å². The highest BCUT2D eigenvalue weighted by atomic mass is 16.2. The second kappa shape index (κ2) is 7.81. The average Bonchev–Trinajstić information content (AvgIpc) is 2.90. The number of nitrogens with zero attached hydrogens (tertiary/aromatic N) is 1. The highest BCUT2D eigenvalue weighted by Crippen LogP contribution is 2.24. The molecule has 1 N–H and O–H groups in total. The fraction of sp³-hybridized carbons (Fsp3) is 0.529. The van der Waals surface area contributed by atoms with Crippen molar-refractivity contribution in [3.8, 4) is 0 Å². The molecule has 1 atom stereocenters. The largest absolute Gasteiger partial charge is 0.356 e. The molecule has 1 fully saturated rings. The van der Waals surface area contributed by atoms with Crippen LogP contribution < -0.4 is 10.2 Å². The molecule has 1 aromatic carbocycles. The van der Waals surface area contributed by atoms with Gasteiger partial charge in [0.15, 0.2) is 0 Å². The number of para-hydroxylation sites is 1. The molecule has 1 saturated heterocycles. The van der Waals surface area contributed by atoms with Gasteiger partial charge in [-0.05, 0) is 18.6 Å². The fourth-order valence-electron chi connectivity index (χ4n) is 2.65. The molecule has 1 unspecified atom stereocenters. The number of amides is 2. The van der Waals surface area contributed by atoms with Gasteiger partial charge < -0.3 is 10.2 Å². The molecule has 1 aliphatic heterocycles. The number of unbranched alkanes of at least 4 members (excludes halogenated alkanes) is 3. The maximum absolute atomic E-state index is 12.1. The van der Waals surface area contributed by atoms with Crippen LogP contribution in [0.5, 0.6) is 0 Å². The molecule has 0 bridgehead atoms. The number of nitrogens with one attached hydrogen (secondary N) is 1. The molecule has 4 heteroatoms. The van der Waals surface area contributed by atoms with Crippen LogP contribution in [0.15, 0.2) is 30.3 Å². The van der Waals surface area contributed by atoms with Crippen molar-refractivity contribution < 1.29 is 9.59 Å². The lowest BCUT2D eigenvalue weighted by atomic mass is 10.1. The molecule has 21 heavy (non-hydrogen) atoms. The molecule has 114 valence electrons. The quantitative estimate of drug-likeness (QED) is 0.784. The summed E-state index contributed by atoms with van der Waals surface area (Å²) < 4.78 is 0. The van der Waals surface area contributed by atoms with Crippen LogP contribution in [0.3, 0.4) is 0 Å². The van der Waals surface area contributed by atoms with E-state index in [2.05, 4.69) is 12.2 Å². The first-order chi connectivity index (χ1) is 10.2. The first-order valence-electron chi connectivity index (χ1n) is 7.85. The molecule has 2 amide bonds. The smallest absolute Gasteiger partial charge is 0.227 e. The van der Waals surface area contributed by atoms with Crippen molar-refractivity contribution in [1.29, 1.82) is 0 Å². The van der Waals surface area contributed by atoms with E-state index in [1.54, 1.807) is 4.90 Å². The minimum Gasteiger partial charge on any atom is -0.356 e. The molecule has 0 aliphatic carbocycles. The van der Waals surface area contributed by atoms with Crippen LogP contribution in [0.25, 0.3) is 0 Å². The molecular formula is C17H24N2O2. The van der Waals surface area contributed by atoms with Crippen LogP contribution in [0.1, 0.15) is 39.0 Å². The highest BCUT2D eigenvalue weighted by Gasteiger charge is 2.34. The van der Waals surface area contributed by atoms with Crippen molar-refractivity contribution in [2.24, 2.45) is 5.92 Å². The SMILES string of the molecule is CCCCCCNC(=O)C1CC(=O)N(c2ccccc2)C1. The standard InChI is InChI=1S/C17H24N2O2/c1-2-3-4-8-11-18-17(21)14-12-16(20)19(13-14)15-9-6-5-7-10-15/h5-7,9-10,14H,2-4,8,11-13H2,1H3,(H,18,21). The Morgan fingerprint density at radius 3 is 2.71 bits per heavy atom. The van der Waals surface area contributed by atoms with E-state index in [4.69, 9.17) is 0 Å². The van der Waals surface area contributed by atoms with Crippen LogP contribution in [0.4, 0.5) is 5.69 Å². The van der Waals surface area contributed by atoms with E-state index in [1.807, 2.05) is 30.3 Å². The lowest BCUT2D eigenvalue weighted by Gasteiger charge is -2.16. The third-order valence-corrected chi connectivity index (χ3v) is 3.89. The number of benzene rings is 1. The lowest BCUT2D eigenvalue weighted by molar-refractivity contribution is -0.126. The summed E-state index contributed by atoms with van der Waals surface area (Å²) >= 11 is 0. The van der Waals surface area contributed by atoms with Gasteiger partial charge in [0.1, 0.15) is 0 Å². The number of rotatable bonds is 7. The Labute approximate surface area is 126 Å². The van der Waals surface area contributed by atoms with Gasteiger partial charge in [0.05, 0.1) is 5.92 Å². The topological polar surface area (TPSA) is 49.4 Å². The Morgan fingerprint density at radius 2 is 2.00 bits per heavy atom. The molecule has 0 spiro atoms. The number of carbonyl (C=O) groups excluding carboxylic acids is 2. The van der Waals surface area contributed by atoms with Gasteiger partial charge in [-0.25, -0.2) is 0 Å². The molecular weight excluding hydrogens is 264 g/mol. The Morgan fingerprint density at radius 1 is 1.24 bits per heavy atom. The predicted molar refractivity (Wildman–Crippen MR) is 84.1 cm³/mol. The van der Waals surface area contributed by atoms with Crippen LogP contribution in [-0.4, -0.2) is 24.9 Å². The third-order valence-electron chi connectivity index (χ3n) is 3.89. The van der Waals surface area contributed by atoms with E-state index in [0.29, 0.717) is 13.0 Å². The molecule has 0 aromatic heterocycles. The van der Waals surface area contributed by atoms with Crippen LogP contribution in [-0.2, 0) is 9.59 Å². The van der Waals surface area contributed by atoms with Crippen molar-refractivity contribution in [3.05, 3.63) is 30.3 Å². The summed E-state index contributed by atoms with van der Waals surface area (Å²) in [5, 5.41) is 2.96. The molecule has 1 aliphatic rings. The summed E-state index contributed by atoms with van der Waals surface area (Å²) in [6.07, 6.45) is 4.88. The molecule has 0 saturated carbocycles. The molecule has 0 radical (unpaired) electrons. The first-order valence-corrected chi connectivity index (χ1v) is 7.85. The van der Waals surface area contributed by atoms with Gasteiger partial charge in [0.25, 0.3) is 0 Å². The van der Waals surface area contributed by atoms with Gasteiger partial charge >= 0.3 is 0 Å². The Kier molecular flexibility index (Phi) is 5.78. The fourth-order valence-corrected chi connectivity index (χ4v) is 2.65. The number of carbonyl (C=O) groups is 2. The number of hydrogen-bond donors (Lipinski definition) is 1. The zero-order valence-electron chi connectivity index (χ0n) is 12.7. The average molecular weight is 288 g/mol. The van der Waals surface area contributed by atoms with E-state index >= 15 is 0 Å². The normalized spacial score (nSPS) is 18.0. The van der Waals surface area contributed by atoms with E-state index < -0.39 is 0 Å². The van der Waals surface area contributed by atoms with E-state index in [9.17, 15) is 9.59 Å². The Balaban J connectivity index is 1.80. The van der Waals surface area contributed by atoms with Gasteiger partial charge in [-0.2, -0.15) is 0 Å². The maximum atomic E-state index is 12.1. The van der Waals surface area contributed by atoms with Crippen molar-refractivity contribution in [1.82, 2.24) is 5.32 Å². The number of anilines is 1. The lowest BCUT2D eigenvalue weighted by Crippen LogP contribution is -2.33. The second-order valence-corrected chi connectivity index (χ2v) is 5.59. The van der Waals surface area contributed by atoms with Crippen molar-refractivity contribution >= 4 is 17.5 Å². The zero-order valence-corrected chi connectivity index (χ0v) is 12.7. The second-order valence-electron chi connectivity index (χ2n) is 5.59. The van der Waals surface area contributed by atoms with Crippen LogP contribution in [0, 0.1) is 5.92 Å². The summed E-state index contributed by atoms with van der Waals surface area (Å²) in [5.41, 5.74) is 0.876. The van der Waals surface area contributed by atoms with E-state index in [1.165, 1.54) is 12.8 Å². The van der Waals surface area contributed by atoms with Gasteiger partial charge in [-0.3, -0.25) is 9.59 Å². The maximum Gasteiger partial charge on any atom is 0.227 e. The van der Waals surface area contributed by atoms with Gasteiger partial charge in [-0.1, -0.05) is 44.4 Å². The minimum absolute atomic E-state index is 0.0123. The van der Waals surface area contributed by atoms with Crippen LogP contribution >= 0.6 is 0 Å². The summed E-state index contributed by atoms with van der Waals surface area (Å²) in [6, 6.07) is 9.55. The summed E-state index contributed by atoms with van der Waals surface area (Å²) in [5.74, 6) is -0.172. The Hall–Kier alpha value is -1.84. The summed E-state index contributed by atoms with van der Waals surface area (Å²) in [7, 11) is 0. The highest BCUT2D eigenvalue weighted by molar-refractivity contribution is 6.00. The molecule has 1 aromatic rings. The monoisotopic (exact) mass is 288 g/mol. The number of hydrogen-bond acceptors (Lipinski definition) is 2. The van der Waals surface area contributed by atoms with Gasteiger partial charge in [0.2, 0.25) is 11.8 Å². The molecule has 1 heterocycles. The van der Waals surface area contributed by atoms with Crippen molar-refractivity contribution in [2.45, 2.75) is 39.0 Å².